The lowest BCUT2D eigenvalue weighted by Crippen LogP contribution is -2.49. The Balaban J connectivity index is 1.97. The molecule has 2 rings (SSSR count). The average molecular weight is 317 g/mol. The molecule has 0 aliphatic carbocycles. The molecular weight excluding hydrogens is 290 g/mol. The second-order valence-corrected chi connectivity index (χ2v) is 9.15. The van der Waals surface area contributed by atoms with Crippen molar-refractivity contribution in [1.82, 2.24) is 9.80 Å². The second kappa shape index (κ2) is 5.85. The highest BCUT2D eigenvalue weighted by atomic mass is 32.2. The van der Waals surface area contributed by atoms with Crippen LogP contribution in [0.25, 0.3) is 0 Å². The maximum absolute atomic E-state index is 12.6. The van der Waals surface area contributed by atoms with Crippen LogP contribution in [0.2, 0.25) is 0 Å². The number of hydrogen-bond acceptors (Lipinski definition) is 5. The molecule has 7 heteroatoms. The van der Waals surface area contributed by atoms with Gasteiger partial charge in [-0.25, -0.2) is 8.42 Å². The topological polar surface area (TPSA) is 83.7 Å². The van der Waals surface area contributed by atoms with Gasteiger partial charge in [-0.3, -0.25) is 9.69 Å². The van der Waals surface area contributed by atoms with Gasteiger partial charge in [0.05, 0.1) is 17.5 Å². The summed E-state index contributed by atoms with van der Waals surface area (Å²) in [5, 5.41) is 0. The van der Waals surface area contributed by atoms with E-state index >= 15 is 0 Å². The maximum atomic E-state index is 12.6. The van der Waals surface area contributed by atoms with Crippen LogP contribution < -0.4 is 5.73 Å². The molecule has 2 heterocycles. The van der Waals surface area contributed by atoms with Crippen molar-refractivity contribution >= 4 is 15.7 Å². The summed E-state index contributed by atoms with van der Waals surface area (Å²) < 4.78 is 23.1. The molecule has 0 aromatic heterocycles. The van der Waals surface area contributed by atoms with Crippen molar-refractivity contribution in [2.75, 3.05) is 38.2 Å². The Morgan fingerprint density at radius 2 is 2.19 bits per heavy atom. The Morgan fingerprint density at radius 1 is 1.52 bits per heavy atom. The molecule has 0 saturated carbocycles. The SMILES string of the molecule is CC(C(=O)N(C)C1CCS(=O)(=O)C1)N1CCC(C)(CN)C1. The van der Waals surface area contributed by atoms with Crippen LogP contribution in [0.4, 0.5) is 0 Å². The molecule has 0 radical (unpaired) electrons. The smallest absolute Gasteiger partial charge is 0.239 e. The van der Waals surface area contributed by atoms with Crippen molar-refractivity contribution in [2.24, 2.45) is 11.1 Å². The highest BCUT2D eigenvalue weighted by molar-refractivity contribution is 7.91. The van der Waals surface area contributed by atoms with E-state index in [1.165, 1.54) is 0 Å². The number of hydrogen-bond donors (Lipinski definition) is 1. The predicted molar refractivity (Wildman–Crippen MR) is 82.6 cm³/mol. The third-order valence-electron chi connectivity index (χ3n) is 5.09. The van der Waals surface area contributed by atoms with Gasteiger partial charge in [-0.1, -0.05) is 6.92 Å². The molecule has 3 atom stereocenters. The first kappa shape index (κ1) is 16.7. The Kier molecular flexibility index (Phi) is 4.66. The highest BCUT2D eigenvalue weighted by Gasteiger charge is 2.39. The Labute approximate surface area is 127 Å². The normalized spacial score (nSPS) is 34.0. The molecule has 0 aromatic rings. The van der Waals surface area contributed by atoms with E-state index in [0.29, 0.717) is 13.0 Å². The van der Waals surface area contributed by atoms with Crippen LogP contribution in [0.1, 0.15) is 26.7 Å². The molecule has 2 saturated heterocycles. The molecular formula is C14H27N3O3S. The maximum Gasteiger partial charge on any atom is 0.239 e. The van der Waals surface area contributed by atoms with Crippen molar-refractivity contribution in [3.05, 3.63) is 0 Å². The summed E-state index contributed by atoms with van der Waals surface area (Å²) in [5.41, 5.74) is 5.89. The number of rotatable bonds is 4. The largest absolute Gasteiger partial charge is 0.340 e. The van der Waals surface area contributed by atoms with E-state index in [9.17, 15) is 13.2 Å². The van der Waals surface area contributed by atoms with Gasteiger partial charge in [0, 0.05) is 19.6 Å². The van der Waals surface area contributed by atoms with Gasteiger partial charge in [0.15, 0.2) is 9.84 Å². The van der Waals surface area contributed by atoms with Gasteiger partial charge in [0.25, 0.3) is 0 Å². The number of likely N-dealkylation sites (N-methyl/N-ethyl adjacent to an activating group) is 1. The van der Waals surface area contributed by atoms with E-state index in [0.717, 1.165) is 19.5 Å². The third kappa shape index (κ3) is 3.57. The summed E-state index contributed by atoms with van der Waals surface area (Å²) in [4.78, 5) is 16.4. The van der Waals surface area contributed by atoms with Crippen LogP contribution >= 0.6 is 0 Å². The fourth-order valence-electron chi connectivity index (χ4n) is 3.27. The van der Waals surface area contributed by atoms with E-state index in [1.807, 2.05) is 6.92 Å². The van der Waals surface area contributed by atoms with Crippen molar-refractivity contribution < 1.29 is 13.2 Å². The fraction of sp³-hybridized carbons (Fsp3) is 0.929. The van der Waals surface area contributed by atoms with Crippen LogP contribution in [-0.4, -0.2) is 74.4 Å². The molecule has 3 unspecified atom stereocenters. The number of nitrogens with two attached hydrogens (primary N) is 1. The average Bonchev–Trinajstić information content (AvgIpc) is 3.00. The fourth-order valence-corrected chi connectivity index (χ4v) is 5.05. The molecule has 0 spiro atoms. The quantitative estimate of drug-likeness (QED) is 0.769. The Bertz CT molecular complexity index is 508. The van der Waals surface area contributed by atoms with Gasteiger partial charge < -0.3 is 10.6 Å². The first-order valence-corrected chi connectivity index (χ1v) is 9.41. The van der Waals surface area contributed by atoms with E-state index in [-0.39, 0.29) is 34.9 Å². The van der Waals surface area contributed by atoms with E-state index in [1.54, 1.807) is 11.9 Å². The van der Waals surface area contributed by atoms with Crippen LogP contribution in [0.15, 0.2) is 0 Å². The van der Waals surface area contributed by atoms with Crippen molar-refractivity contribution in [3.8, 4) is 0 Å². The van der Waals surface area contributed by atoms with Crippen molar-refractivity contribution in [1.29, 1.82) is 0 Å². The lowest BCUT2D eigenvalue weighted by Gasteiger charge is -2.32. The van der Waals surface area contributed by atoms with E-state index < -0.39 is 9.84 Å². The molecule has 1 amide bonds. The minimum Gasteiger partial charge on any atom is -0.340 e. The monoisotopic (exact) mass is 317 g/mol. The van der Waals surface area contributed by atoms with Crippen LogP contribution in [-0.2, 0) is 14.6 Å². The summed E-state index contributed by atoms with van der Waals surface area (Å²) in [7, 11) is -1.24. The predicted octanol–water partition coefficient (Wildman–Crippen LogP) is -0.309. The van der Waals surface area contributed by atoms with E-state index in [4.69, 9.17) is 5.73 Å². The van der Waals surface area contributed by atoms with Gasteiger partial charge >= 0.3 is 0 Å². The standard InChI is InChI=1S/C14H27N3O3S/c1-11(17-6-5-14(2,9-15)10-17)13(18)16(3)12-4-7-21(19,20)8-12/h11-12H,4-10,15H2,1-3H3. The molecule has 2 aliphatic heterocycles. The summed E-state index contributed by atoms with van der Waals surface area (Å²) in [6.45, 7) is 6.38. The van der Waals surface area contributed by atoms with Gasteiger partial charge in [-0.2, -0.15) is 0 Å². The lowest BCUT2D eigenvalue weighted by atomic mass is 9.90. The number of carbonyl (C=O) groups excluding carboxylic acids is 1. The van der Waals surface area contributed by atoms with Crippen molar-refractivity contribution in [2.45, 2.75) is 38.8 Å². The Hall–Kier alpha value is -0.660. The Morgan fingerprint density at radius 3 is 2.67 bits per heavy atom. The molecule has 2 N–H and O–H groups in total. The van der Waals surface area contributed by atoms with Crippen LogP contribution in [0.3, 0.4) is 0 Å². The molecule has 122 valence electrons. The molecule has 6 nitrogen and oxygen atoms in total. The molecule has 21 heavy (non-hydrogen) atoms. The zero-order valence-corrected chi connectivity index (χ0v) is 14.0. The third-order valence-corrected chi connectivity index (χ3v) is 6.84. The molecule has 2 fully saturated rings. The van der Waals surface area contributed by atoms with Crippen LogP contribution in [0.5, 0.6) is 0 Å². The van der Waals surface area contributed by atoms with Gasteiger partial charge in [0.1, 0.15) is 0 Å². The summed E-state index contributed by atoms with van der Waals surface area (Å²) in [5.74, 6) is 0.305. The molecule has 0 aromatic carbocycles. The highest BCUT2D eigenvalue weighted by Crippen LogP contribution is 2.30. The number of likely N-dealkylation sites (tertiary alicyclic amines) is 1. The summed E-state index contributed by atoms with van der Waals surface area (Å²) in [6.07, 6.45) is 1.56. The first-order chi connectivity index (χ1) is 9.67. The second-order valence-electron chi connectivity index (χ2n) is 6.92. The number of amides is 1. The number of nitrogens with zero attached hydrogens (tertiary/aromatic N) is 2. The lowest BCUT2D eigenvalue weighted by molar-refractivity contribution is -0.136. The van der Waals surface area contributed by atoms with Gasteiger partial charge in [-0.05, 0) is 38.3 Å². The summed E-state index contributed by atoms with van der Waals surface area (Å²) >= 11 is 0. The van der Waals surface area contributed by atoms with Crippen molar-refractivity contribution in [3.63, 3.8) is 0 Å². The summed E-state index contributed by atoms with van der Waals surface area (Å²) in [6, 6.07) is -0.389. The number of carbonyl (C=O) groups is 1. The molecule has 0 bridgehead atoms. The number of sulfone groups is 1. The minimum absolute atomic E-state index is 0.0124. The van der Waals surface area contributed by atoms with Crippen LogP contribution in [0, 0.1) is 5.41 Å². The molecule has 2 aliphatic rings. The zero-order valence-electron chi connectivity index (χ0n) is 13.2. The zero-order chi connectivity index (χ0) is 15.8. The van der Waals surface area contributed by atoms with Gasteiger partial charge in [0.2, 0.25) is 5.91 Å². The first-order valence-electron chi connectivity index (χ1n) is 7.59. The minimum atomic E-state index is -2.97. The van der Waals surface area contributed by atoms with Gasteiger partial charge in [-0.15, -0.1) is 0 Å². The van der Waals surface area contributed by atoms with E-state index in [2.05, 4.69) is 11.8 Å².